The maximum atomic E-state index is 7.07. The van der Waals surface area contributed by atoms with Gasteiger partial charge < -0.3 is 22.8 Å². The van der Waals surface area contributed by atoms with Gasteiger partial charge in [-0.1, -0.05) is 113 Å². The number of hydrogen-bond acceptors (Lipinski definition) is 5. The van der Waals surface area contributed by atoms with Crippen LogP contribution in [-0.2, 0) is 29.1 Å². The standard InChI is InChI=1S/C50H72O5P2/c1-17-35-25-23-27-37(29-35)52-56-54-45-40(48(11,12)20-4)31-39(47(9,10)19-3)33(7)43(45)44-34(8)42(51-50(15,16)22-6)32-41(49(13,14)21-5)46(44)55-57-53-38-28-24-26-36(18-2)30-38/h23-32,56-57H,17-22H2,1-16H3. The molecule has 0 aromatic heterocycles. The van der Waals surface area contributed by atoms with Crippen LogP contribution in [0.5, 0.6) is 28.7 Å². The molecule has 0 saturated carbocycles. The zero-order valence-electron chi connectivity index (χ0n) is 38.1. The fourth-order valence-electron chi connectivity index (χ4n) is 6.94. The Bertz CT molecular complexity index is 1980. The van der Waals surface area contributed by atoms with E-state index in [1.54, 1.807) is 0 Å². The van der Waals surface area contributed by atoms with Crippen molar-refractivity contribution in [2.45, 2.75) is 171 Å². The minimum absolute atomic E-state index is 0.108. The Morgan fingerprint density at radius 1 is 0.474 bits per heavy atom. The fraction of sp³-hybridized carbons (Fsp3) is 0.520. The number of hydrogen-bond donors (Lipinski definition) is 0. The summed E-state index contributed by atoms with van der Waals surface area (Å²) in [5.74, 6) is 4.11. The first-order valence-electron chi connectivity index (χ1n) is 21.2. The Hall–Kier alpha value is -3.26. The van der Waals surface area contributed by atoms with Crippen molar-refractivity contribution in [3.8, 4) is 39.9 Å². The maximum Gasteiger partial charge on any atom is 0.275 e. The van der Waals surface area contributed by atoms with Gasteiger partial charge in [-0.2, -0.15) is 0 Å². The molecule has 0 amide bonds. The van der Waals surface area contributed by atoms with Crippen LogP contribution in [0.3, 0.4) is 0 Å². The number of ether oxygens (including phenoxy) is 1. The van der Waals surface area contributed by atoms with Crippen LogP contribution in [0.25, 0.3) is 11.1 Å². The van der Waals surface area contributed by atoms with Crippen molar-refractivity contribution in [1.29, 1.82) is 0 Å². The second-order valence-electron chi connectivity index (χ2n) is 18.1. The van der Waals surface area contributed by atoms with E-state index in [-0.39, 0.29) is 39.9 Å². The van der Waals surface area contributed by atoms with Crippen LogP contribution in [-0.4, -0.2) is 5.60 Å². The molecule has 0 bridgehead atoms. The molecule has 0 N–H and O–H groups in total. The first-order valence-corrected chi connectivity index (χ1v) is 22.8. The summed E-state index contributed by atoms with van der Waals surface area (Å²) < 4.78 is 34.0. The number of benzene rings is 4. The highest BCUT2D eigenvalue weighted by Crippen LogP contribution is 2.56. The average Bonchev–Trinajstić information content (AvgIpc) is 3.19. The zero-order valence-corrected chi connectivity index (χ0v) is 40.1. The summed E-state index contributed by atoms with van der Waals surface area (Å²) in [6.45, 7) is 36.0. The molecule has 57 heavy (non-hydrogen) atoms. The van der Waals surface area contributed by atoms with Crippen molar-refractivity contribution >= 4 is 18.1 Å². The highest BCUT2D eigenvalue weighted by atomic mass is 31.1. The fourth-order valence-corrected chi connectivity index (χ4v) is 8.06. The van der Waals surface area contributed by atoms with E-state index in [2.05, 4.69) is 153 Å². The van der Waals surface area contributed by atoms with E-state index in [0.717, 1.165) is 95.1 Å². The van der Waals surface area contributed by atoms with Gasteiger partial charge in [-0.15, -0.1) is 0 Å². The summed E-state index contributed by atoms with van der Waals surface area (Å²) >= 11 is 0. The van der Waals surface area contributed by atoms with Gasteiger partial charge in [-0.05, 0) is 135 Å². The highest BCUT2D eigenvalue weighted by Gasteiger charge is 2.37. The van der Waals surface area contributed by atoms with Gasteiger partial charge in [-0.3, -0.25) is 0 Å². The Kier molecular flexibility index (Phi) is 15.6. The zero-order chi connectivity index (χ0) is 42.3. The van der Waals surface area contributed by atoms with Gasteiger partial charge in [-0.25, -0.2) is 0 Å². The monoisotopic (exact) mass is 814 g/mol. The van der Waals surface area contributed by atoms with Crippen LogP contribution >= 0.6 is 18.1 Å². The van der Waals surface area contributed by atoms with Gasteiger partial charge in [0, 0.05) is 27.8 Å². The van der Waals surface area contributed by atoms with Gasteiger partial charge in [0.2, 0.25) is 0 Å². The highest BCUT2D eigenvalue weighted by molar-refractivity contribution is 7.27. The van der Waals surface area contributed by atoms with Crippen molar-refractivity contribution < 1.29 is 22.8 Å². The first-order chi connectivity index (χ1) is 26.8. The molecule has 0 saturated heterocycles. The molecule has 0 radical (unpaired) electrons. The molecular formula is C50H72O5P2. The van der Waals surface area contributed by atoms with Crippen LogP contribution in [0.1, 0.15) is 162 Å². The Balaban J connectivity index is 2.14. The Labute approximate surface area is 350 Å². The summed E-state index contributed by atoms with van der Waals surface area (Å²) in [7, 11) is -0.534. The molecule has 2 atom stereocenters. The smallest absolute Gasteiger partial charge is 0.275 e. The van der Waals surface area contributed by atoms with E-state index in [1.165, 1.54) is 22.3 Å². The number of rotatable bonds is 20. The van der Waals surface area contributed by atoms with E-state index in [0.29, 0.717) is 0 Å². The van der Waals surface area contributed by atoms with Crippen LogP contribution in [0.15, 0.2) is 60.7 Å². The minimum Gasteiger partial charge on any atom is -0.488 e. The van der Waals surface area contributed by atoms with Crippen molar-refractivity contribution in [3.63, 3.8) is 0 Å². The summed E-state index contributed by atoms with van der Waals surface area (Å²) in [4.78, 5) is 0. The largest absolute Gasteiger partial charge is 0.488 e. The summed E-state index contributed by atoms with van der Waals surface area (Å²) in [5.41, 5.74) is 9.26. The molecule has 0 aliphatic rings. The van der Waals surface area contributed by atoms with Crippen LogP contribution in [0.4, 0.5) is 0 Å². The van der Waals surface area contributed by atoms with Crippen molar-refractivity contribution in [2.24, 2.45) is 0 Å². The van der Waals surface area contributed by atoms with Crippen molar-refractivity contribution in [2.75, 3.05) is 0 Å². The third-order valence-electron chi connectivity index (χ3n) is 12.6. The predicted molar refractivity (Wildman–Crippen MR) is 247 cm³/mol. The Morgan fingerprint density at radius 3 is 1.32 bits per heavy atom. The summed E-state index contributed by atoms with van der Waals surface area (Å²) in [6.07, 6.45) is 5.54. The van der Waals surface area contributed by atoms with E-state index in [4.69, 9.17) is 22.8 Å². The molecule has 4 rings (SSSR count). The topological polar surface area (TPSA) is 46.2 Å². The van der Waals surface area contributed by atoms with Crippen molar-refractivity contribution in [1.82, 2.24) is 0 Å². The molecule has 7 heteroatoms. The van der Waals surface area contributed by atoms with E-state index in [9.17, 15) is 0 Å². The van der Waals surface area contributed by atoms with Crippen LogP contribution < -0.4 is 22.8 Å². The molecule has 0 aliphatic heterocycles. The van der Waals surface area contributed by atoms with E-state index >= 15 is 0 Å². The summed E-state index contributed by atoms with van der Waals surface area (Å²) in [5, 5.41) is 0. The second kappa shape index (κ2) is 19.2. The lowest BCUT2D eigenvalue weighted by molar-refractivity contribution is 0.104. The van der Waals surface area contributed by atoms with Crippen LogP contribution in [0.2, 0.25) is 0 Å². The SMILES string of the molecule is CCc1cccc(OPOc2c(C(C)(C)CC)cc(OC(C)(C)CC)c(C)c2-c2c(C)c(C(C)(C)CC)cc(C(C)(C)CC)c2OPOc2cccc(CC)c2)c1. The lowest BCUT2D eigenvalue weighted by Gasteiger charge is -2.36. The average molecular weight is 815 g/mol. The molecule has 0 aliphatic carbocycles. The third kappa shape index (κ3) is 10.9. The Morgan fingerprint density at radius 2 is 0.895 bits per heavy atom. The maximum absolute atomic E-state index is 7.07. The van der Waals surface area contributed by atoms with Gasteiger partial charge >= 0.3 is 0 Å². The molecule has 4 aromatic rings. The molecule has 4 aromatic carbocycles. The number of aryl methyl sites for hydroxylation is 2. The molecular weight excluding hydrogens is 742 g/mol. The third-order valence-corrected chi connectivity index (χ3v) is 13.8. The molecule has 0 fully saturated rings. The normalized spacial score (nSPS) is 12.8. The first kappa shape index (κ1) is 46.4. The molecule has 5 nitrogen and oxygen atoms in total. The van der Waals surface area contributed by atoms with Gasteiger partial charge in [0.15, 0.2) is 0 Å². The molecule has 0 heterocycles. The molecule has 312 valence electrons. The lowest BCUT2D eigenvalue weighted by atomic mass is 9.71. The lowest BCUT2D eigenvalue weighted by Crippen LogP contribution is -2.28. The van der Waals surface area contributed by atoms with Crippen molar-refractivity contribution in [3.05, 3.63) is 99.6 Å². The van der Waals surface area contributed by atoms with Crippen LogP contribution in [0, 0.1) is 13.8 Å². The quantitative estimate of drug-likeness (QED) is 0.0832. The van der Waals surface area contributed by atoms with Gasteiger partial charge in [0.1, 0.15) is 34.3 Å². The summed E-state index contributed by atoms with van der Waals surface area (Å²) in [6, 6.07) is 21.2. The predicted octanol–water partition coefficient (Wildman–Crippen LogP) is 15.7. The molecule has 2 unspecified atom stereocenters. The second-order valence-corrected chi connectivity index (χ2v) is 19.2. The van der Waals surface area contributed by atoms with E-state index in [1.807, 2.05) is 18.2 Å². The molecule has 0 spiro atoms. The van der Waals surface area contributed by atoms with Gasteiger partial charge in [0.25, 0.3) is 18.1 Å². The minimum atomic E-state index is -0.384. The van der Waals surface area contributed by atoms with E-state index < -0.39 is 0 Å². The van der Waals surface area contributed by atoms with Gasteiger partial charge in [0.05, 0.1) is 0 Å².